The Bertz CT molecular complexity index is 578. The summed E-state index contributed by atoms with van der Waals surface area (Å²) in [5.41, 5.74) is -3.36. The zero-order valence-electron chi connectivity index (χ0n) is 10.4. The molecular formula is C10H10F3IN4O2. The average molecular weight is 402 g/mol. The lowest BCUT2D eigenvalue weighted by atomic mass is 10.1. The standard InChI is InChI=1S/C10H10F3IN4O2/c1-5-3-9(20,10(11,12)13)18(16-5)8(19)7-6(14)4-15-17(7)2/h4,20H,3H2,1-2H3/t9-/m0/s1. The number of carbonyl (C=O) groups is 1. The van der Waals surface area contributed by atoms with Crippen molar-refractivity contribution in [2.24, 2.45) is 12.1 Å². The first-order valence-corrected chi connectivity index (χ1v) is 6.51. The van der Waals surface area contributed by atoms with E-state index >= 15 is 0 Å². The van der Waals surface area contributed by atoms with Gasteiger partial charge >= 0.3 is 6.18 Å². The van der Waals surface area contributed by atoms with Crippen LogP contribution in [0.3, 0.4) is 0 Å². The molecule has 0 spiro atoms. The van der Waals surface area contributed by atoms with Crippen molar-refractivity contribution in [1.29, 1.82) is 0 Å². The summed E-state index contributed by atoms with van der Waals surface area (Å²) in [4.78, 5) is 12.3. The molecule has 0 saturated heterocycles. The molecule has 1 aromatic heterocycles. The van der Waals surface area contributed by atoms with Crippen LogP contribution in [0.2, 0.25) is 0 Å². The normalized spacial score (nSPS) is 23.1. The van der Waals surface area contributed by atoms with Crippen LogP contribution in [-0.2, 0) is 7.05 Å². The zero-order chi connectivity index (χ0) is 15.3. The molecule has 2 rings (SSSR count). The van der Waals surface area contributed by atoms with Crippen LogP contribution < -0.4 is 0 Å². The SMILES string of the molecule is CC1=NN(C(=O)c2c(I)cnn2C)[C@@](O)(C(F)(F)F)C1. The molecule has 6 nitrogen and oxygen atoms in total. The fourth-order valence-electron chi connectivity index (χ4n) is 1.91. The summed E-state index contributed by atoms with van der Waals surface area (Å²) in [6, 6.07) is 0. The van der Waals surface area contributed by atoms with Crippen LogP contribution in [0.15, 0.2) is 11.3 Å². The van der Waals surface area contributed by atoms with E-state index in [0.29, 0.717) is 3.57 Å². The van der Waals surface area contributed by atoms with Gasteiger partial charge in [-0.15, -0.1) is 0 Å². The maximum Gasteiger partial charge on any atom is 0.438 e. The highest BCUT2D eigenvalue weighted by molar-refractivity contribution is 14.1. The summed E-state index contributed by atoms with van der Waals surface area (Å²) in [5.74, 6) is -1.05. The summed E-state index contributed by atoms with van der Waals surface area (Å²) in [6.07, 6.45) is -4.43. The molecule has 0 bridgehead atoms. The summed E-state index contributed by atoms with van der Waals surface area (Å²) in [6.45, 7) is 1.32. The van der Waals surface area contributed by atoms with Gasteiger partial charge in [-0.3, -0.25) is 9.48 Å². The molecule has 0 fully saturated rings. The minimum Gasteiger partial charge on any atom is -0.362 e. The van der Waals surface area contributed by atoms with E-state index in [2.05, 4.69) is 10.2 Å². The van der Waals surface area contributed by atoms with Gasteiger partial charge in [0.05, 0.1) is 9.77 Å². The second-order valence-corrected chi connectivity index (χ2v) is 5.57. The second kappa shape index (κ2) is 4.69. The molecule has 0 aromatic carbocycles. The van der Waals surface area contributed by atoms with Crippen LogP contribution in [0.5, 0.6) is 0 Å². The summed E-state index contributed by atoms with van der Waals surface area (Å²) < 4.78 is 40.6. The molecule has 20 heavy (non-hydrogen) atoms. The van der Waals surface area contributed by atoms with Crippen molar-refractivity contribution in [3.05, 3.63) is 15.5 Å². The van der Waals surface area contributed by atoms with Crippen LogP contribution in [-0.4, -0.2) is 43.4 Å². The number of alkyl halides is 3. The number of hydrogen-bond acceptors (Lipinski definition) is 4. The van der Waals surface area contributed by atoms with E-state index in [1.165, 1.54) is 20.2 Å². The Morgan fingerprint density at radius 3 is 2.60 bits per heavy atom. The Labute approximate surface area is 125 Å². The Balaban J connectivity index is 2.48. The molecule has 1 N–H and O–H groups in total. The van der Waals surface area contributed by atoms with Crippen molar-refractivity contribution in [3.63, 3.8) is 0 Å². The van der Waals surface area contributed by atoms with Gasteiger partial charge in [0.1, 0.15) is 5.69 Å². The first kappa shape index (κ1) is 15.2. The molecule has 10 heteroatoms. The molecule has 0 unspecified atom stereocenters. The van der Waals surface area contributed by atoms with Gasteiger partial charge in [-0.1, -0.05) is 0 Å². The summed E-state index contributed by atoms with van der Waals surface area (Å²) >= 11 is 1.78. The molecule has 110 valence electrons. The van der Waals surface area contributed by atoms with E-state index in [-0.39, 0.29) is 16.4 Å². The lowest BCUT2D eigenvalue weighted by molar-refractivity contribution is -0.297. The molecule has 1 atom stereocenters. The molecule has 0 aliphatic carbocycles. The van der Waals surface area contributed by atoms with E-state index in [1.807, 2.05) is 0 Å². The van der Waals surface area contributed by atoms with Gasteiger partial charge in [0.15, 0.2) is 0 Å². The quantitative estimate of drug-likeness (QED) is 0.724. The van der Waals surface area contributed by atoms with Gasteiger partial charge in [-0.05, 0) is 29.5 Å². The summed E-state index contributed by atoms with van der Waals surface area (Å²) in [7, 11) is 1.43. The van der Waals surface area contributed by atoms with Crippen molar-refractivity contribution < 1.29 is 23.1 Å². The molecule has 1 amide bonds. The van der Waals surface area contributed by atoms with Crippen LogP contribution in [0.25, 0.3) is 0 Å². The Morgan fingerprint density at radius 1 is 1.55 bits per heavy atom. The Morgan fingerprint density at radius 2 is 2.15 bits per heavy atom. The molecule has 1 aliphatic rings. The molecular weight excluding hydrogens is 392 g/mol. The van der Waals surface area contributed by atoms with Gasteiger partial charge in [0.25, 0.3) is 11.6 Å². The maximum absolute atomic E-state index is 13.0. The van der Waals surface area contributed by atoms with E-state index < -0.39 is 24.2 Å². The fraction of sp³-hybridized carbons (Fsp3) is 0.500. The highest BCUT2D eigenvalue weighted by Crippen LogP contribution is 2.41. The van der Waals surface area contributed by atoms with E-state index in [1.54, 1.807) is 22.6 Å². The van der Waals surface area contributed by atoms with Gasteiger partial charge in [0, 0.05) is 19.2 Å². The lowest BCUT2D eigenvalue weighted by Crippen LogP contribution is -2.57. The first-order chi connectivity index (χ1) is 9.08. The number of halogens is 4. The number of carbonyl (C=O) groups excluding carboxylic acids is 1. The first-order valence-electron chi connectivity index (χ1n) is 5.43. The van der Waals surface area contributed by atoms with Crippen molar-refractivity contribution in [1.82, 2.24) is 14.8 Å². The number of aromatic nitrogens is 2. The van der Waals surface area contributed by atoms with Gasteiger partial charge < -0.3 is 5.11 Å². The topological polar surface area (TPSA) is 70.7 Å². The average Bonchev–Trinajstić information content (AvgIpc) is 2.79. The molecule has 1 aromatic rings. The zero-order valence-corrected chi connectivity index (χ0v) is 12.6. The predicted octanol–water partition coefficient (Wildman–Crippen LogP) is 1.50. The number of aliphatic hydroxyl groups is 1. The Hall–Kier alpha value is -1.17. The monoisotopic (exact) mass is 402 g/mol. The minimum absolute atomic E-state index is 0.0235. The minimum atomic E-state index is -5.01. The number of hydrazone groups is 1. The number of aryl methyl sites for hydroxylation is 1. The molecule has 1 aliphatic heterocycles. The largest absolute Gasteiger partial charge is 0.438 e. The van der Waals surface area contributed by atoms with Gasteiger partial charge in [-0.2, -0.15) is 28.4 Å². The predicted molar refractivity (Wildman–Crippen MR) is 70.8 cm³/mol. The third-order valence-electron chi connectivity index (χ3n) is 2.87. The highest BCUT2D eigenvalue weighted by atomic mass is 127. The van der Waals surface area contributed by atoms with Gasteiger partial charge in [0.2, 0.25) is 0 Å². The fourth-order valence-corrected chi connectivity index (χ4v) is 2.61. The summed E-state index contributed by atoms with van der Waals surface area (Å²) in [5, 5.41) is 17.2. The van der Waals surface area contributed by atoms with Crippen molar-refractivity contribution in [3.8, 4) is 0 Å². The molecule has 0 saturated carbocycles. The number of amides is 1. The van der Waals surface area contributed by atoms with Crippen molar-refractivity contribution >= 4 is 34.2 Å². The smallest absolute Gasteiger partial charge is 0.362 e. The van der Waals surface area contributed by atoms with Crippen molar-refractivity contribution in [2.45, 2.75) is 25.2 Å². The van der Waals surface area contributed by atoms with Crippen LogP contribution >= 0.6 is 22.6 Å². The van der Waals surface area contributed by atoms with E-state index in [9.17, 15) is 23.1 Å². The maximum atomic E-state index is 13.0. The molecule has 2 heterocycles. The van der Waals surface area contributed by atoms with Crippen LogP contribution in [0, 0.1) is 3.57 Å². The number of rotatable bonds is 1. The Kier molecular flexibility index (Phi) is 3.57. The lowest BCUT2D eigenvalue weighted by Gasteiger charge is -2.32. The third-order valence-corrected chi connectivity index (χ3v) is 3.66. The molecule has 0 radical (unpaired) electrons. The number of hydrogen-bond donors (Lipinski definition) is 1. The third kappa shape index (κ3) is 2.20. The van der Waals surface area contributed by atoms with Crippen LogP contribution in [0.4, 0.5) is 13.2 Å². The number of nitrogens with zero attached hydrogens (tertiary/aromatic N) is 4. The van der Waals surface area contributed by atoms with Crippen LogP contribution in [0.1, 0.15) is 23.8 Å². The van der Waals surface area contributed by atoms with Crippen molar-refractivity contribution in [2.75, 3.05) is 0 Å². The van der Waals surface area contributed by atoms with E-state index in [0.717, 1.165) is 4.68 Å². The van der Waals surface area contributed by atoms with Gasteiger partial charge in [-0.25, -0.2) is 0 Å². The highest BCUT2D eigenvalue weighted by Gasteiger charge is 2.63. The van der Waals surface area contributed by atoms with E-state index in [4.69, 9.17) is 0 Å². The second-order valence-electron chi connectivity index (χ2n) is 4.41.